The van der Waals surface area contributed by atoms with E-state index in [1.54, 1.807) is 0 Å². The number of ether oxygens (including phenoxy) is 1. The average molecular weight is 340 g/mol. The third-order valence-electron chi connectivity index (χ3n) is 3.81. The molecule has 1 aromatic rings. The van der Waals surface area contributed by atoms with Gasteiger partial charge in [0, 0.05) is 12.6 Å². The maximum absolute atomic E-state index is 5.74. The van der Waals surface area contributed by atoms with Crippen molar-refractivity contribution in [2.45, 2.75) is 71.1 Å². The van der Waals surface area contributed by atoms with E-state index in [0.717, 1.165) is 16.8 Å². The van der Waals surface area contributed by atoms with Crippen molar-refractivity contribution < 1.29 is 4.74 Å². The van der Waals surface area contributed by atoms with E-state index in [1.807, 2.05) is 13.8 Å². The summed E-state index contributed by atoms with van der Waals surface area (Å²) in [5, 5.41) is 3.70. The molecule has 0 radical (unpaired) electrons. The van der Waals surface area contributed by atoms with Gasteiger partial charge in [-0.25, -0.2) is 0 Å². The molecule has 0 aromatic heterocycles. The van der Waals surface area contributed by atoms with Gasteiger partial charge >= 0.3 is 0 Å². The molecule has 1 aliphatic carbocycles. The number of halogens is 1. The van der Waals surface area contributed by atoms with E-state index in [1.165, 1.54) is 44.1 Å². The fourth-order valence-electron chi connectivity index (χ4n) is 2.75. The molecule has 0 spiro atoms. The number of benzene rings is 1. The Bertz CT molecular complexity index is 411. The van der Waals surface area contributed by atoms with Crippen LogP contribution in [0.5, 0.6) is 5.75 Å². The Kier molecular flexibility index (Phi) is 6.37. The van der Waals surface area contributed by atoms with Gasteiger partial charge in [0.15, 0.2) is 0 Å². The molecule has 0 aliphatic heterocycles. The molecule has 0 saturated heterocycles. The summed E-state index contributed by atoms with van der Waals surface area (Å²) in [7, 11) is 0. The first kappa shape index (κ1) is 15.8. The molecule has 0 unspecified atom stereocenters. The minimum Gasteiger partial charge on any atom is -0.490 e. The van der Waals surface area contributed by atoms with Crippen LogP contribution in [0.1, 0.15) is 57.9 Å². The fourth-order valence-corrected chi connectivity index (χ4v) is 3.27. The van der Waals surface area contributed by atoms with Crippen LogP contribution in [0.3, 0.4) is 0 Å². The molecule has 1 saturated carbocycles. The Hall–Kier alpha value is -0.540. The molecule has 1 aliphatic rings. The van der Waals surface area contributed by atoms with E-state index in [0.29, 0.717) is 6.04 Å². The molecular formula is C17H26BrNO. The first-order valence-corrected chi connectivity index (χ1v) is 8.63. The first-order valence-electron chi connectivity index (χ1n) is 7.83. The summed E-state index contributed by atoms with van der Waals surface area (Å²) >= 11 is 3.60. The van der Waals surface area contributed by atoms with E-state index in [4.69, 9.17) is 4.74 Å². The van der Waals surface area contributed by atoms with Crippen LogP contribution in [0.25, 0.3) is 0 Å². The zero-order valence-electron chi connectivity index (χ0n) is 12.6. The van der Waals surface area contributed by atoms with Crippen LogP contribution in [0.4, 0.5) is 0 Å². The Morgan fingerprint density at radius 1 is 1.20 bits per heavy atom. The molecule has 0 atom stereocenters. The van der Waals surface area contributed by atoms with Crippen molar-refractivity contribution in [3.05, 3.63) is 28.2 Å². The van der Waals surface area contributed by atoms with E-state index in [9.17, 15) is 0 Å². The predicted octanol–water partition coefficient (Wildman–Crippen LogP) is 5.05. The summed E-state index contributed by atoms with van der Waals surface area (Å²) in [4.78, 5) is 0. The fraction of sp³-hybridized carbons (Fsp3) is 0.647. The van der Waals surface area contributed by atoms with Crippen LogP contribution in [0, 0.1) is 0 Å². The van der Waals surface area contributed by atoms with Gasteiger partial charge in [-0.1, -0.05) is 31.7 Å². The maximum atomic E-state index is 5.74. The normalized spacial score (nSPS) is 17.2. The number of hydrogen-bond acceptors (Lipinski definition) is 2. The van der Waals surface area contributed by atoms with Crippen LogP contribution in [0.15, 0.2) is 22.7 Å². The second kappa shape index (κ2) is 8.04. The highest BCUT2D eigenvalue weighted by atomic mass is 79.9. The quantitative estimate of drug-likeness (QED) is 0.758. The second-order valence-electron chi connectivity index (χ2n) is 6.00. The Labute approximate surface area is 131 Å². The van der Waals surface area contributed by atoms with Gasteiger partial charge in [-0.2, -0.15) is 0 Å². The number of rotatable bonds is 5. The summed E-state index contributed by atoms with van der Waals surface area (Å²) in [5.74, 6) is 0.929. The van der Waals surface area contributed by atoms with Crippen LogP contribution in [0.2, 0.25) is 0 Å². The zero-order chi connectivity index (χ0) is 14.4. The zero-order valence-corrected chi connectivity index (χ0v) is 14.2. The van der Waals surface area contributed by atoms with Crippen molar-refractivity contribution >= 4 is 15.9 Å². The van der Waals surface area contributed by atoms with Gasteiger partial charge in [-0.3, -0.25) is 0 Å². The summed E-state index contributed by atoms with van der Waals surface area (Å²) in [6.07, 6.45) is 8.44. The summed E-state index contributed by atoms with van der Waals surface area (Å²) in [5.41, 5.74) is 1.32. The topological polar surface area (TPSA) is 21.3 Å². The lowest BCUT2D eigenvalue weighted by Crippen LogP contribution is -2.27. The van der Waals surface area contributed by atoms with Gasteiger partial charge < -0.3 is 10.1 Å². The van der Waals surface area contributed by atoms with Crippen LogP contribution in [-0.2, 0) is 6.54 Å². The maximum Gasteiger partial charge on any atom is 0.133 e. The van der Waals surface area contributed by atoms with Gasteiger partial charge in [0.05, 0.1) is 10.6 Å². The van der Waals surface area contributed by atoms with E-state index in [2.05, 4.69) is 39.4 Å². The van der Waals surface area contributed by atoms with Crippen molar-refractivity contribution in [1.82, 2.24) is 5.32 Å². The standard InChI is InChI=1S/C17H26BrNO/c1-13(2)20-17-10-9-14(11-16(17)18)12-19-15-7-5-3-4-6-8-15/h9-11,13,15,19H,3-8,12H2,1-2H3. The molecular weight excluding hydrogens is 314 g/mol. The van der Waals surface area contributed by atoms with E-state index in [-0.39, 0.29) is 6.10 Å². The Balaban J connectivity index is 1.87. The number of nitrogens with one attached hydrogen (secondary N) is 1. The largest absolute Gasteiger partial charge is 0.490 e. The highest BCUT2D eigenvalue weighted by Gasteiger charge is 2.12. The van der Waals surface area contributed by atoms with Crippen molar-refractivity contribution in [2.75, 3.05) is 0 Å². The third kappa shape index (κ3) is 5.10. The molecule has 3 heteroatoms. The van der Waals surface area contributed by atoms with Gasteiger partial charge in [0.25, 0.3) is 0 Å². The molecule has 0 bridgehead atoms. The van der Waals surface area contributed by atoms with Gasteiger partial charge in [-0.15, -0.1) is 0 Å². The van der Waals surface area contributed by atoms with Crippen molar-refractivity contribution in [2.24, 2.45) is 0 Å². The molecule has 2 rings (SSSR count). The van der Waals surface area contributed by atoms with E-state index < -0.39 is 0 Å². The molecule has 2 nitrogen and oxygen atoms in total. The first-order chi connectivity index (χ1) is 9.65. The number of hydrogen-bond donors (Lipinski definition) is 1. The molecule has 1 N–H and O–H groups in total. The smallest absolute Gasteiger partial charge is 0.133 e. The van der Waals surface area contributed by atoms with Crippen LogP contribution < -0.4 is 10.1 Å². The highest BCUT2D eigenvalue weighted by molar-refractivity contribution is 9.10. The third-order valence-corrected chi connectivity index (χ3v) is 4.43. The van der Waals surface area contributed by atoms with Crippen LogP contribution >= 0.6 is 15.9 Å². The molecule has 0 heterocycles. The lowest BCUT2D eigenvalue weighted by molar-refractivity contribution is 0.241. The average Bonchev–Trinajstić information content (AvgIpc) is 2.67. The van der Waals surface area contributed by atoms with Crippen molar-refractivity contribution in [1.29, 1.82) is 0 Å². The minimum absolute atomic E-state index is 0.210. The monoisotopic (exact) mass is 339 g/mol. The predicted molar refractivity (Wildman–Crippen MR) is 88.2 cm³/mol. The van der Waals surface area contributed by atoms with Gasteiger partial charge in [-0.05, 0) is 60.3 Å². The summed E-state index contributed by atoms with van der Waals surface area (Å²) in [6.45, 7) is 5.05. The molecule has 1 aromatic carbocycles. The molecule has 20 heavy (non-hydrogen) atoms. The van der Waals surface area contributed by atoms with Crippen molar-refractivity contribution in [3.8, 4) is 5.75 Å². The summed E-state index contributed by atoms with van der Waals surface area (Å²) in [6, 6.07) is 7.09. The highest BCUT2D eigenvalue weighted by Crippen LogP contribution is 2.27. The van der Waals surface area contributed by atoms with Crippen molar-refractivity contribution in [3.63, 3.8) is 0 Å². The summed E-state index contributed by atoms with van der Waals surface area (Å²) < 4.78 is 6.79. The van der Waals surface area contributed by atoms with Crippen LogP contribution in [-0.4, -0.2) is 12.1 Å². The SMILES string of the molecule is CC(C)Oc1ccc(CNC2CCCCCC2)cc1Br. The Morgan fingerprint density at radius 3 is 2.50 bits per heavy atom. The lowest BCUT2D eigenvalue weighted by Gasteiger charge is -2.17. The molecule has 0 amide bonds. The minimum atomic E-state index is 0.210. The molecule has 1 fully saturated rings. The second-order valence-corrected chi connectivity index (χ2v) is 6.86. The van der Waals surface area contributed by atoms with Gasteiger partial charge in [0.2, 0.25) is 0 Å². The molecule has 112 valence electrons. The van der Waals surface area contributed by atoms with E-state index >= 15 is 0 Å². The Morgan fingerprint density at radius 2 is 1.90 bits per heavy atom. The lowest BCUT2D eigenvalue weighted by atomic mass is 10.1. The van der Waals surface area contributed by atoms with Gasteiger partial charge in [0.1, 0.15) is 5.75 Å².